The summed E-state index contributed by atoms with van der Waals surface area (Å²) in [7, 11) is 1.96. The summed E-state index contributed by atoms with van der Waals surface area (Å²) in [5, 5.41) is 7.39. The van der Waals surface area contributed by atoms with Crippen molar-refractivity contribution in [1.29, 1.82) is 0 Å². The molecule has 1 aromatic heterocycles. The second-order valence-corrected chi connectivity index (χ2v) is 6.50. The van der Waals surface area contributed by atoms with E-state index in [2.05, 4.69) is 36.2 Å². The van der Waals surface area contributed by atoms with Crippen molar-refractivity contribution in [3.8, 4) is 0 Å². The molecular formula is C15H27N3O. The lowest BCUT2D eigenvalue weighted by molar-refractivity contribution is 0.243. The minimum absolute atomic E-state index is 0.155. The molecule has 1 aromatic rings. The maximum absolute atomic E-state index is 5.61. The average molecular weight is 265 g/mol. The maximum atomic E-state index is 5.61. The van der Waals surface area contributed by atoms with Crippen molar-refractivity contribution < 1.29 is 4.52 Å². The molecular weight excluding hydrogens is 238 g/mol. The molecule has 1 aliphatic carbocycles. The van der Waals surface area contributed by atoms with Crippen molar-refractivity contribution in [3.05, 3.63) is 11.7 Å². The Morgan fingerprint density at radius 3 is 2.53 bits per heavy atom. The molecule has 0 amide bonds. The van der Waals surface area contributed by atoms with E-state index in [1.54, 1.807) is 0 Å². The number of likely N-dealkylation sites (N-methyl/N-ethyl adjacent to an activating group) is 1. The van der Waals surface area contributed by atoms with E-state index < -0.39 is 0 Å². The molecule has 1 unspecified atom stereocenters. The second kappa shape index (κ2) is 6.04. The highest BCUT2D eigenvalue weighted by molar-refractivity contribution is 5.09. The molecule has 0 spiro atoms. The monoisotopic (exact) mass is 265 g/mol. The van der Waals surface area contributed by atoms with Crippen LogP contribution >= 0.6 is 0 Å². The van der Waals surface area contributed by atoms with Crippen LogP contribution in [0.25, 0.3) is 0 Å². The van der Waals surface area contributed by atoms with Gasteiger partial charge in [0.15, 0.2) is 5.82 Å². The lowest BCUT2D eigenvalue weighted by atomic mass is 9.78. The molecule has 1 aliphatic rings. The lowest BCUT2D eigenvalue weighted by Gasteiger charge is -2.26. The Bertz CT molecular complexity index is 394. The zero-order valence-electron chi connectivity index (χ0n) is 12.7. The van der Waals surface area contributed by atoms with Crippen LogP contribution in [0.4, 0.5) is 0 Å². The summed E-state index contributed by atoms with van der Waals surface area (Å²) in [6, 6.07) is 0.384. The number of hydrogen-bond donors (Lipinski definition) is 1. The average Bonchev–Trinajstić information content (AvgIpc) is 2.98. The van der Waals surface area contributed by atoms with Gasteiger partial charge >= 0.3 is 0 Å². The van der Waals surface area contributed by atoms with Crippen LogP contribution in [0.15, 0.2) is 4.52 Å². The summed E-state index contributed by atoms with van der Waals surface area (Å²) in [5.74, 6) is 2.40. The highest BCUT2D eigenvalue weighted by atomic mass is 16.5. The van der Waals surface area contributed by atoms with Gasteiger partial charge in [0.25, 0.3) is 0 Å². The van der Waals surface area contributed by atoms with Gasteiger partial charge in [-0.15, -0.1) is 0 Å². The fraction of sp³-hybridized carbons (Fsp3) is 0.867. The molecule has 0 saturated heterocycles. The predicted molar refractivity (Wildman–Crippen MR) is 76.1 cm³/mol. The lowest BCUT2D eigenvalue weighted by Crippen LogP contribution is -2.26. The zero-order valence-corrected chi connectivity index (χ0v) is 12.7. The van der Waals surface area contributed by atoms with Gasteiger partial charge in [-0.2, -0.15) is 4.98 Å². The van der Waals surface area contributed by atoms with E-state index in [1.165, 1.54) is 25.7 Å². The van der Waals surface area contributed by atoms with E-state index in [0.29, 0.717) is 12.0 Å². The third-order valence-corrected chi connectivity index (χ3v) is 4.26. The van der Waals surface area contributed by atoms with Crippen molar-refractivity contribution >= 4 is 0 Å². The van der Waals surface area contributed by atoms with Gasteiger partial charge in [0.05, 0.1) is 0 Å². The Hall–Kier alpha value is -0.900. The molecule has 0 radical (unpaired) electrons. The first kappa shape index (κ1) is 14.5. The normalized spacial score (nSPS) is 20.1. The topological polar surface area (TPSA) is 51.0 Å². The van der Waals surface area contributed by atoms with Gasteiger partial charge < -0.3 is 9.84 Å². The van der Waals surface area contributed by atoms with Crippen molar-refractivity contribution in [2.45, 2.75) is 70.8 Å². The molecule has 19 heavy (non-hydrogen) atoms. The van der Waals surface area contributed by atoms with E-state index in [9.17, 15) is 0 Å². The molecule has 0 aromatic carbocycles. The predicted octanol–water partition coefficient (Wildman–Crippen LogP) is 3.08. The minimum atomic E-state index is 0.155. The van der Waals surface area contributed by atoms with Crippen molar-refractivity contribution in [1.82, 2.24) is 15.5 Å². The first-order valence-electron chi connectivity index (χ1n) is 7.56. The highest BCUT2D eigenvalue weighted by Gasteiger charge is 2.41. The highest BCUT2D eigenvalue weighted by Crippen LogP contribution is 2.44. The maximum Gasteiger partial charge on any atom is 0.232 e. The summed E-state index contributed by atoms with van der Waals surface area (Å²) in [6.45, 7) is 6.69. The molecule has 0 bridgehead atoms. The molecule has 1 atom stereocenters. The standard InChI is InChI=1S/C15H27N3O/c1-11(2)10-15(7-5-6-8-15)14-17-13(18-19-14)9-12(3)16-4/h11-12,16H,5-10H2,1-4H3. The molecule has 2 rings (SSSR count). The summed E-state index contributed by atoms with van der Waals surface area (Å²) in [5.41, 5.74) is 0.155. The van der Waals surface area contributed by atoms with E-state index >= 15 is 0 Å². The van der Waals surface area contributed by atoms with Crippen LogP contribution in [-0.2, 0) is 11.8 Å². The van der Waals surface area contributed by atoms with Crippen LogP contribution in [0.3, 0.4) is 0 Å². The third kappa shape index (κ3) is 3.35. The van der Waals surface area contributed by atoms with Gasteiger partial charge in [-0.3, -0.25) is 0 Å². The van der Waals surface area contributed by atoms with Crippen molar-refractivity contribution in [2.75, 3.05) is 7.05 Å². The number of nitrogens with zero attached hydrogens (tertiary/aromatic N) is 2. The molecule has 0 aliphatic heterocycles. The van der Waals surface area contributed by atoms with Gasteiger partial charge in [0, 0.05) is 17.9 Å². The fourth-order valence-electron chi connectivity index (χ4n) is 3.27. The van der Waals surface area contributed by atoms with Crippen LogP contribution in [0.5, 0.6) is 0 Å². The van der Waals surface area contributed by atoms with Crippen LogP contribution < -0.4 is 5.32 Å². The number of aromatic nitrogens is 2. The van der Waals surface area contributed by atoms with Crippen LogP contribution in [0.2, 0.25) is 0 Å². The molecule has 1 saturated carbocycles. The Morgan fingerprint density at radius 2 is 1.95 bits per heavy atom. The zero-order chi connectivity index (χ0) is 13.9. The Kier molecular flexibility index (Phi) is 4.61. The Labute approximate surface area is 116 Å². The van der Waals surface area contributed by atoms with Crippen LogP contribution in [0, 0.1) is 5.92 Å². The molecule has 1 heterocycles. The summed E-state index contributed by atoms with van der Waals surface area (Å²) < 4.78 is 5.61. The van der Waals surface area contributed by atoms with Gasteiger partial charge in [-0.05, 0) is 39.2 Å². The van der Waals surface area contributed by atoms with Gasteiger partial charge in [0.1, 0.15) is 0 Å². The van der Waals surface area contributed by atoms with Gasteiger partial charge in [-0.1, -0.05) is 31.8 Å². The molecule has 108 valence electrons. The number of rotatable bonds is 6. The minimum Gasteiger partial charge on any atom is -0.339 e. The van der Waals surface area contributed by atoms with Gasteiger partial charge in [-0.25, -0.2) is 0 Å². The SMILES string of the molecule is CNC(C)Cc1noc(C2(CC(C)C)CCCC2)n1. The largest absolute Gasteiger partial charge is 0.339 e. The summed E-state index contributed by atoms with van der Waals surface area (Å²) in [4.78, 5) is 4.69. The van der Waals surface area contributed by atoms with E-state index in [1.807, 2.05) is 7.05 Å². The second-order valence-electron chi connectivity index (χ2n) is 6.50. The first-order valence-corrected chi connectivity index (χ1v) is 7.56. The number of hydrogen-bond acceptors (Lipinski definition) is 4. The van der Waals surface area contributed by atoms with E-state index in [0.717, 1.165) is 24.6 Å². The first-order chi connectivity index (χ1) is 9.05. The van der Waals surface area contributed by atoms with E-state index in [-0.39, 0.29) is 5.41 Å². The van der Waals surface area contributed by atoms with Crippen molar-refractivity contribution in [2.24, 2.45) is 5.92 Å². The molecule has 4 nitrogen and oxygen atoms in total. The summed E-state index contributed by atoms with van der Waals surface area (Å²) in [6.07, 6.45) is 6.98. The van der Waals surface area contributed by atoms with Crippen LogP contribution in [-0.4, -0.2) is 23.2 Å². The van der Waals surface area contributed by atoms with E-state index in [4.69, 9.17) is 4.52 Å². The Balaban J connectivity index is 2.14. The summed E-state index contributed by atoms with van der Waals surface area (Å²) >= 11 is 0. The smallest absolute Gasteiger partial charge is 0.232 e. The Morgan fingerprint density at radius 1 is 1.26 bits per heavy atom. The fourth-order valence-corrected chi connectivity index (χ4v) is 3.27. The van der Waals surface area contributed by atoms with Crippen LogP contribution in [0.1, 0.15) is 64.6 Å². The van der Waals surface area contributed by atoms with Gasteiger partial charge in [0.2, 0.25) is 5.89 Å². The quantitative estimate of drug-likeness (QED) is 0.858. The molecule has 1 fully saturated rings. The number of nitrogens with one attached hydrogen (secondary N) is 1. The molecule has 4 heteroatoms. The molecule has 1 N–H and O–H groups in total. The van der Waals surface area contributed by atoms with Crippen molar-refractivity contribution in [3.63, 3.8) is 0 Å². The third-order valence-electron chi connectivity index (χ3n) is 4.26.